The maximum absolute atomic E-state index is 12.6. The number of nitrogens with zero attached hydrogens (tertiary/aromatic N) is 3. The molecule has 1 heterocycles. The second-order valence-electron chi connectivity index (χ2n) is 5.80. The largest absolute Gasteiger partial charge is 0.461 e. The molecule has 6 heteroatoms. The zero-order valence-electron chi connectivity index (χ0n) is 15.2. The van der Waals surface area contributed by atoms with E-state index in [9.17, 15) is 14.9 Å². The van der Waals surface area contributed by atoms with Crippen LogP contribution in [0, 0.1) is 11.3 Å². The van der Waals surface area contributed by atoms with E-state index in [0.29, 0.717) is 11.1 Å². The molecule has 0 amide bonds. The smallest absolute Gasteiger partial charge is 0.359 e. The predicted molar refractivity (Wildman–Crippen MR) is 104 cm³/mol. The summed E-state index contributed by atoms with van der Waals surface area (Å²) in [6, 6.07) is 19.6. The van der Waals surface area contributed by atoms with Crippen molar-refractivity contribution in [2.45, 2.75) is 6.92 Å². The van der Waals surface area contributed by atoms with Crippen molar-refractivity contribution in [2.75, 3.05) is 6.61 Å². The molecule has 138 valence electrons. The van der Waals surface area contributed by atoms with E-state index in [1.807, 2.05) is 36.4 Å². The molecule has 0 atom stereocenters. The number of hydrogen-bond donors (Lipinski definition) is 0. The molecule has 3 rings (SSSR count). The van der Waals surface area contributed by atoms with Gasteiger partial charge in [0.1, 0.15) is 11.6 Å². The molecular formula is C22H17N3O3. The fourth-order valence-corrected chi connectivity index (χ4v) is 2.61. The van der Waals surface area contributed by atoms with E-state index < -0.39 is 11.8 Å². The van der Waals surface area contributed by atoms with E-state index in [4.69, 9.17) is 4.74 Å². The van der Waals surface area contributed by atoms with Gasteiger partial charge in [0, 0.05) is 17.3 Å². The molecule has 0 saturated carbocycles. The summed E-state index contributed by atoms with van der Waals surface area (Å²) in [5.74, 6) is -1.04. The number of nitriles is 1. The molecule has 0 fully saturated rings. The van der Waals surface area contributed by atoms with E-state index in [0.717, 1.165) is 5.69 Å². The highest BCUT2D eigenvalue weighted by molar-refractivity contribution is 6.14. The summed E-state index contributed by atoms with van der Waals surface area (Å²) in [5.41, 5.74) is 1.41. The summed E-state index contributed by atoms with van der Waals surface area (Å²) in [6.45, 7) is 1.88. The Labute approximate surface area is 162 Å². The molecular weight excluding hydrogens is 354 g/mol. The van der Waals surface area contributed by atoms with Gasteiger partial charge < -0.3 is 4.74 Å². The van der Waals surface area contributed by atoms with Gasteiger partial charge in [-0.15, -0.1) is 0 Å². The number of para-hydroxylation sites is 1. The molecule has 0 aliphatic carbocycles. The molecule has 0 saturated heterocycles. The molecule has 0 spiro atoms. The lowest BCUT2D eigenvalue weighted by molar-refractivity contribution is 0.0518. The van der Waals surface area contributed by atoms with Gasteiger partial charge in [0.15, 0.2) is 5.69 Å². The van der Waals surface area contributed by atoms with Crippen LogP contribution in [-0.2, 0) is 4.74 Å². The molecule has 1 aromatic heterocycles. The van der Waals surface area contributed by atoms with Crippen LogP contribution < -0.4 is 0 Å². The number of hydrogen-bond acceptors (Lipinski definition) is 5. The topological polar surface area (TPSA) is 85.0 Å². The molecule has 0 unspecified atom stereocenters. The fourth-order valence-electron chi connectivity index (χ4n) is 2.61. The summed E-state index contributed by atoms with van der Waals surface area (Å²) in [7, 11) is 0. The van der Waals surface area contributed by atoms with E-state index in [1.165, 1.54) is 10.8 Å². The molecule has 0 bridgehead atoms. The first-order chi connectivity index (χ1) is 13.6. The first kappa shape index (κ1) is 18.8. The predicted octanol–water partition coefficient (Wildman–Crippen LogP) is 3.84. The van der Waals surface area contributed by atoms with Crippen LogP contribution in [0.15, 0.2) is 72.4 Å². The van der Waals surface area contributed by atoms with Crippen molar-refractivity contribution in [3.63, 3.8) is 0 Å². The Morgan fingerprint density at radius 3 is 2.36 bits per heavy atom. The van der Waals surface area contributed by atoms with Crippen LogP contribution in [0.1, 0.15) is 33.3 Å². The maximum atomic E-state index is 12.6. The van der Waals surface area contributed by atoms with Gasteiger partial charge in [-0.05, 0) is 25.1 Å². The number of aromatic nitrogens is 2. The molecule has 0 N–H and O–H groups in total. The molecule has 0 aliphatic heterocycles. The van der Waals surface area contributed by atoms with Gasteiger partial charge in [0.2, 0.25) is 5.78 Å². The number of carbonyl (C=O) groups excluding carboxylic acids is 2. The SMILES string of the molecule is CCOC(=O)c1nn(-c2ccccc2)cc1C=C(C#N)C(=O)c1ccccc1. The molecule has 0 aliphatic rings. The van der Waals surface area contributed by atoms with E-state index >= 15 is 0 Å². The molecule has 28 heavy (non-hydrogen) atoms. The number of allylic oxidation sites excluding steroid dienone is 1. The number of ether oxygens (including phenoxy) is 1. The highest BCUT2D eigenvalue weighted by Gasteiger charge is 2.20. The van der Waals surface area contributed by atoms with Crippen LogP contribution in [0.4, 0.5) is 0 Å². The van der Waals surface area contributed by atoms with Crippen LogP contribution in [-0.4, -0.2) is 28.1 Å². The first-order valence-electron chi connectivity index (χ1n) is 8.67. The lowest BCUT2D eigenvalue weighted by Crippen LogP contribution is -2.08. The van der Waals surface area contributed by atoms with Gasteiger partial charge in [0.05, 0.1) is 12.3 Å². The summed E-state index contributed by atoms with van der Waals surface area (Å²) in [6.07, 6.45) is 2.96. The maximum Gasteiger partial charge on any atom is 0.359 e. The highest BCUT2D eigenvalue weighted by Crippen LogP contribution is 2.19. The minimum Gasteiger partial charge on any atom is -0.461 e. The standard InChI is InChI=1S/C22H17N3O3/c1-2-28-22(27)20-18(15-25(24-20)19-11-7-4-8-12-19)13-17(14-23)21(26)16-9-5-3-6-10-16/h3-13,15H,2H2,1H3. The summed E-state index contributed by atoms with van der Waals surface area (Å²) < 4.78 is 6.58. The van der Waals surface area contributed by atoms with Crippen molar-refractivity contribution in [3.8, 4) is 11.8 Å². The van der Waals surface area contributed by atoms with Crippen molar-refractivity contribution in [1.82, 2.24) is 9.78 Å². The average Bonchev–Trinajstić information content (AvgIpc) is 3.17. The zero-order chi connectivity index (χ0) is 19.9. The third kappa shape index (κ3) is 4.05. The minimum absolute atomic E-state index is 0.0410. The van der Waals surface area contributed by atoms with Crippen molar-refractivity contribution in [2.24, 2.45) is 0 Å². The monoisotopic (exact) mass is 371 g/mol. The Bertz CT molecular complexity index is 1060. The normalized spacial score (nSPS) is 10.9. The summed E-state index contributed by atoms with van der Waals surface area (Å²) in [4.78, 5) is 25.0. The average molecular weight is 371 g/mol. The van der Waals surface area contributed by atoms with Gasteiger partial charge in [0.25, 0.3) is 0 Å². The van der Waals surface area contributed by atoms with Gasteiger partial charge in [-0.2, -0.15) is 10.4 Å². The molecule has 6 nitrogen and oxygen atoms in total. The zero-order valence-corrected chi connectivity index (χ0v) is 15.2. The number of carbonyl (C=O) groups is 2. The summed E-state index contributed by atoms with van der Waals surface area (Å²) in [5, 5.41) is 13.8. The highest BCUT2D eigenvalue weighted by atomic mass is 16.5. The van der Waals surface area contributed by atoms with Crippen LogP contribution in [0.25, 0.3) is 11.8 Å². The Morgan fingerprint density at radius 2 is 1.75 bits per heavy atom. The van der Waals surface area contributed by atoms with Crippen molar-refractivity contribution in [3.05, 3.63) is 89.3 Å². The van der Waals surface area contributed by atoms with Gasteiger partial charge >= 0.3 is 5.97 Å². The Morgan fingerprint density at radius 1 is 1.11 bits per heavy atom. The van der Waals surface area contributed by atoms with Crippen molar-refractivity contribution in [1.29, 1.82) is 5.26 Å². The molecule has 2 aromatic carbocycles. The number of esters is 1. The number of Topliss-reactive ketones (excluding diaryl/α,β-unsaturated/α-hetero) is 1. The van der Waals surface area contributed by atoms with Gasteiger partial charge in [-0.3, -0.25) is 4.79 Å². The van der Waals surface area contributed by atoms with E-state index in [2.05, 4.69) is 5.10 Å². The first-order valence-corrected chi connectivity index (χ1v) is 8.67. The van der Waals surface area contributed by atoms with Gasteiger partial charge in [-0.25, -0.2) is 9.48 Å². The minimum atomic E-state index is -0.618. The van der Waals surface area contributed by atoms with Crippen LogP contribution in [0.5, 0.6) is 0 Å². The molecule has 3 aromatic rings. The lowest BCUT2D eigenvalue weighted by Gasteiger charge is -2.01. The lowest BCUT2D eigenvalue weighted by atomic mass is 10.0. The number of rotatable bonds is 6. The van der Waals surface area contributed by atoms with Crippen molar-refractivity contribution >= 4 is 17.8 Å². The third-order valence-corrected chi connectivity index (χ3v) is 3.93. The van der Waals surface area contributed by atoms with Crippen LogP contribution in [0.3, 0.4) is 0 Å². The fraction of sp³-hybridized carbons (Fsp3) is 0.0909. The quantitative estimate of drug-likeness (QED) is 0.284. The third-order valence-electron chi connectivity index (χ3n) is 3.93. The van der Waals surface area contributed by atoms with Gasteiger partial charge in [-0.1, -0.05) is 48.5 Å². The number of ketones is 1. The van der Waals surface area contributed by atoms with E-state index in [-0.39, 0.29) is 17.9 Å². The van der Waals surface area contributed by atoms with Crippen LogP contribution >= 0.6 is 0 Å². The second kappa shape index (κ2) is 8.60. The molecule has 0 radical (unpaired) electrons. The van der Waals surface area contributed by atoms with Crippen LogP contribution in [0.2, 0.25) is 0 Å². The number of benzene rings is 2. The second-order valence-corrected chi connectivity index (χ2v) is 5.80. The van der Waals surface area contributed by atoms with E-state index in [1.54, 1.807) is 43.5 Å². The Balaban J connectivity index is 2.07. The Hall–Kier alpha value is -3.98. The van der Waals surface area contributed by atoms with Crippen molar-refractivity contribution < 1.29 is 14.3 Å². The summed E-state index contributed by atoms with van der Waals surface area (Å²) >= 11 is 0. The Kier molecular flexibility index (Phi) is 5.78.